The summed E-state index contributed by atoms with van der Waals surface area (Å²) in [6.45, 7) is 12.5. The van der Waals surface area contributed by atoms with E-state index >= 15 is 0 Å². The van der Waals surface area contributed by atoms with E-state index in [1.807, 2.05) is 0 Å². The molecule has 0 saturated heterocycles. The summed E-state index contributed by atoms with van der Waals surface area (Å²) in [5.41, 5.74) is 10.7. The highest BCUT2D eigenvalue weighted by molar-refractivity contribution is 7.99. The van der Waals surface area contributed by atoms with E-state index in [0.29, 0.717) is 0 Å². The van der Waals surface area contributed by atoms with E-state index in [1.54, 1.807) is 39.8 Å². The Morgan fingerprint density at radius 3 is 2.26 bits per heavy atom. The Morgan fingerprint density at radius 2 is 1.65 bits per heavy atom. The van der Waals surface area contributed by atoms with Gasteiger partial charge in [-0.05, 0) is 19.9 Å². The number of nitrogens with two attached hydrogens (primary N) is 2. The maximum Gasteiger partial charge on any atom is 0.312 e. The van der Waals surface area contributed by atoms with Crippen molar-refractivity contribution < 1.29 is 58.9 Å². The highest BCUT2D eigenvalue weighted by Gasteiger charge is 2.50. The number of carbonyl (C=O) groups is 3. The van der Waals surface area contributed by atoms with Gasteiger partial charge in [0.05, 0.1) is 47.0 Å². The molecule has 3 aliphatic rings. The molecule has 5 rings (SSSR count). The molecule has 2 aromatic carbocycles. The second kappa shape index (κ2) is 18.1. The molecule has 0 aliphatic carbocycles. The van der Waals surface area contributed by atoms with Crippen LogP contribution in [0.4, 0.5) is 5.69 Å². The minimum absolute atomic E-state index is 0.0414. The lowest BCUT2D eigenvalue weighted by Crippen LogP contribution is -2.46. The third kappa shape index (κ3) is 9.11. The number of fused-ring (bicyclic) bond motifs is 14. The number of aliphatic imine (C=N–C) groups is 1. The SMILES string of the molecule is CO[C@H]1/C=C/O[C@@]2(C)Oc3c(C)c(O)c4c(O)c(c(SCCN=C(N)N)c(O)c4c3C2=O)NC(=O)/C(C)=C\C=C\[C@@H](C)[C@H](O)[C@@H](C)[C@H](O)[C@@H](C)[C@H](OC(C)=O)[C@@H]1C. The number of rotatable bonds is 6. The molecule has 9 atom stereocenters. The Kier molecular flexibility index (Phi) is 14.2. The predicted octanol–water partition coefficient (Wildman–Crippen LogP) is 4.12. The number of nitrogens with one attached hydrogen (secondary N) is 1. The number of carbonyl (C=O) groups excluding carboxylic acids is 3. The molecule has 3 heterocycles. The van der Waals surface area contributed by atoms with E-state index in [1.165, 1.54) is 53.2 Å². The number of phenols is 3. The third-order valence-electron chi connectivity index (χ3n) is 10.6. The van der Waals surface area contributed by atoms with Crippen LogP contribution in [0.3, 0.4) is 0 Å². The van der Waals surface area contributed by atoms with E-state index in [-0.39, 0.29) is 62.1 Å². The van der Waals surface area contributed by atoms with Crippen LogP contribution in [0.25, 0.3) is 10.8 Å². The van der Waals surface area contributed by atoms with Crippen molar-refractivity contribution >= 4 is 51.8 Å². The number of guanidine groups is 1. The summed E-state index contributed by atoms with van der Waals surface area (Å²) < 4.78 is 23.5. The molecule has 0 saturated carbocycles. The molecule has 0 aromatic heterocycles. The maximum absolute atomic E-state index is 14.3. The van der Waals surface area contributed by atoms with Crippen molar-refractivity contribution in [1.29, 1.82) is 0 Å². The van der Waals surface area contributed by atoms with Gasteiger partial charge >= 0.3 is 11.8 Å². The van der Waals surface area contributed by atoms with Gasteiger partial charge in [0.2, 0.25) is 0 Å². The van der Waals surface area contributed by atoms with Gasteiger partial charge in [0.1, 0.15) is 29.0 Å². The van der Waals surface area contributed by atoms with Crippen molar-refractivity contribution in [3.63, 3.8) is 0 Å². The fourth-order valence-corrected chi connectivity index (χ4v) is 8.08. The second-order valence-electron chi connectivity index (χ2n) is 14.7. The number of methoxy groups -OCH3 is 1. The van der Waals surface area contributed by atoms with Crippen LogP contribution < -0.4 is 21.5 Å². The van der Waals surface area contributed by atoms with E-state index in [0.717, 1.165) is 11.8 Å². The van der Waals surface area contributed by atoms with Gasteiger partial charge in [0.15, 0.2) is 11.7 Å². The van der Waals surface area contributed by atoms with Gasteiger partial charge in [-0.1, -0.05) is 45.9 Å². The number of nitrogens with zero attached hydrogens (tertiary/aromatic N) is 1. The van der Waals surface area contributed by atoms with Crippen LogP contribution in [-0.4, -0.2) is 98.8 Å². The number of anilines is 1. The van der Waals surface area contributed by atoms with E-state index in [9.17, 15) is 39.9 Å². The van der Waals surface area contributed by atoms with Crippen molar-refractivity contribution in [3.8, 4) is 23.0 Å². The minimum Gasteiger partial charge on any atom is -0.507 e. The number of ether oxygens (including phenoxy) is 4. The molecule has 0 fully saturated rings. The molecule has 17 heteroatoms. The summed E-state index contributed by atoms with van der Waals surface area (Å²) in [5.74, 6) is -8.46. The van der Waals surface area contributed by atoms with Crippen LogP contribution in [-0.2, 0) is 23.8 Å². The first-order chi connectivity index (χ1) is 26.7. The summed E-state index contributed by atoms with van der Waals surface area (Å²) in [7, 11) is 1.43. The number of hydrogen-bond donors (Lipinski definition) is 8. The van der Waals surface area contributed by atoms with Crippen LogP contribution in [0.1, 0.15) is 64.4 Å². The molecule has 5 bridgehead atoms. The van der Waals surface area contributed by atoms with Crippen LogP contribution in [0.2, 0.25) is 0 Å². The smallest absolute Gasteiger partial charge is 0.312 e. The predicted molar refractivity (Wildman–Crippen MR) is 215 cm³/mol. The maximum atomic E-state index is 14.3. The molecule has 2 aromatic rings. The van der Waals surface area contributed by atoms with Gasteiger partial charge in [0, 0.05) is 66.9 Å². The van der Waals surface area contributed by atoms with Crippen LogP contribution in [0.15, 0.2) is 46.0 Å². The standard InChI is InChI=1S/C40H54N4O12S/c1-17-11-10-12-18(2)38(52)44-28-32(49)26-25(33(50)36(28)57-16-14-43-39(41)42)27-35(22(6)31(26)48)56-40(8,37(27)51)54-15-13-24(53-9)19(3)34(55-23(7)45)21(5)30(47)20(4)29(17)46/h10-13,15,17,19-21,24,29-30,34,46-50H,14,16H2,1-9H3,(H,44,52)(H4,41,42,43)/b11-10+,15-13+,18-12-/t17-,19-,20-,21-,24+,29+,30+,34-,40+/m1/s1. The summed E-state index contributed by atoms with van der Waals surface area (Å²) in [6.07, 6.45) is 3.46. The van der Waals surface area contributed by atoms with Gasteiger partial charge < -0.3 is 61.3 Å². The second-order valence-corrected chi connectivity index (χ2v) is 15.8. The first-order valence-electron chi connectivity index (χ1n) is 18.4. The number of allylic oxidation sites excluding steroid dienone is 2. The number of Topliss-reactive ketones (excluding diaryl/α,β-unsaturated/α-hetero) is 1. The number of esters is 1. The number of benzene rings is 2. The molecule has 57 heavy (non-hydrogen) atoms. The van der Waals surface area contributed by atoms with Gasteiger partial charge in [0.25, 0.3) is 11.7 Å². The molecule has 16 nitrogen and oxygen atoms in total. The number of aromatic hydroxyl groups is 3. The van der Waals surface area contributed by atoms with Gasteiger partial charge in [-0.2, -0.15) is 0 Å². The zero-order valence-corrected chi connectivity index (χ0v) is 34.3. The van der Waals surface area contributed by atoms with Gasteiger partial charge in [-0.15, -0.1) is 11.8 Å². The molecule has 0 unspecified atom stereocenters. The summed E-state index contributed by atoms with van der Waals surface area (Å²) in [4.78, 5) is 44.1. The zero-order chi connectivity index (χ0) is 42.7. The lowest BCUT2D eigenvalue weighted by molar-refractivity contribution is -0.160. The third-order valence-corrected chi connectivity index (χ3v) is 11.7. The quantitative estimate of drug-likeness (QED) is 0.0388. The first kappa shape index (κ1) is 44.7. The lowest BCUT2D eigenvalue weighted by Gasteiger charge is -2.38. The average molecular weight is 815 g/mol. The van der Waals surface area contributed by atoms with Crippen molar-refractivity contribution in [2.45, 2.75) is 90.5 Å². The molecule has 3 aliphatic heterocycles. The Labute approximate surface area is 335 Å². The molecular weight excluding hydrogens is 761 g/mol. The Morgan fingerprint density at radius 1 is 0.982 bits per heavy atom. The largest absolute Gasteiger partial charge is 0.507 e. The Hall–Kier alpha value is -4.97. The van der Waals surface area contributed by atoms with Crippen molar-refractivity contribution in [3.05, 3.63) is 47.3 Å². The van der Waals surface area contributed by atoms with E-state index in [4.69, 9.17) is 30.4 Å². The number of thioether (sulfide) groups is 1. The molecule has 0 spiro atoms. The topological polar surface area (TPSA) is 266 Å². The number of amides is 1. The summed E-state index contributed by atoms with van der Waals surface area (Å²) in [5, 5.41) is 60.0. The summed E-state index contributed by atoms with van der Waals surface area (Å²) in [6, 6.07) is 0. The van der Waals surface area contributed by atoms with E-state index < -0.39 is 88.8 Å². The highest BCUT2D eigenvalue weighted by Crippen LogP contribution is 2.57. The molecule has 1 amide bonds. The zero-order valence-electron chi connectivity index (χ0n) is 33.5. The van der Waals surface area contributed by atoms with Crippen molar-refractivity contribution in [1.82, 2.24) is 0 Å². The number of hydrogen-bond acceptors (Lipinski definition) is 14. The number of aliphatic hydroxyl groups excluding tert-OH is 2. The molecule has 10 N–H and O–H groups in total. The van der Waals surface area contributed by atoms with Crippen molar-refractivity contribution in [2.24, 2.45) is 40.1 Å². The normalized spacial score (nSPS) is 30.5. The monoisotopic (exact) mass is 814 g/mol. The Balaban J connectivity index is 1.95. The number of ketones is 1. The molecule has 312 valence electrons. The van der Waals surface area contributed by atoms with Crippen molar-refractivity contribution in [2.75, 3.05) is 24.7 Å². The van der Waals surface area contributed by atoms with Gasteiger partial charge in [-0.25, -0.2) is 0 Å². The van der Waals surface area contributed by atoms with Crippen LogP contribution in [0, 0.1) is 30.6 Å². The van der Waals surface area contributed by atoms with Crippen LogP contribution >= 0.6 is 11.8 Å². The fourth-order valence-electron chi connectivity index (χ4n) is 7.16. The van der Waals surface area contributed by atoms with Gasteiger partial charge in [-0.3, -0.25) is 19.4 Å². The first-order valence-corrected chi connectivity index (χ1v) is 19.4. The Bertz CT molecular complexity index is 2010. The number of phenolic OH excluding ortho intramolecular Hbond substituents is 3. The summed E-state index contributed by atoms with van der Waals surface area (Å²) >= 11 is 0.970. The fraction of sp³-hybridized carbons (Fsp3) is 0.500. The van der Waals surface area contributed by atoms with Crippen LogP contribution in [0.5, 0.6) is 23.0 Å². The molecule has 0 radical (unpaired) electrons. The average Bonchev–Trinajstić information content (AvgIpc) is 3.42. The lowest BCUT2D eigenvalue weighted by atomic mass is 9.78. The van der Waals surface area contributed by atoms with E-state index in [2.05, 4.69) is 10.3 Å². The molecular formula is C40H54N4O12S. The number of aliphatic hydroxyl groups is 2. The highest BCUT2D eigenvalue weighted by atomic mass is 32.2. The minimum atomic E-state index is -2.05.